The second-order valence-electron chi connectivity index (χ2n) is 5.29. The van der Waals surface area contributed by atoms with E-state index in [-0.39, 0.29) is 24.4 Å². The monoisotopic (exact) mass is 306 g/mol. The van der Waals surface area contributed by atoms with E-state index in [0.29, 0.717) is 12.2 Å². The maximum absolute atomic E-state index is 11.9. The van der Waals surface area contributed by atoms with E-state index in [1.54, 1.807) is 24.3 Å². The van der Waals surface area contributed by atoms with E-state index in [4.69, 9.17) is 4.74 Å². The third-order valence-corrected chi connectivity index (χ3v) is 3.31. The minimum absolute atomic E-state index is 0.0159. The molecular formula is C17H26N2O3. The summed E-state index contributed by atoms with van der Waals surface area (Å²) in [6, 6.07) is 7.05. The smallest absolute Gasteiger partial charge is 0.251 e. The van der Waals surface area contributed by atoms with Crippen LogP contribution in [0.25, 0.3) is 0 Å². The summed E-state index contributed by atoms with van der Waals surface area (Å²) in [5.41, 5.74) is 0.513. The lowest BCUT2D eigenvalue weighted by molar-refractivity contribution is -0.120. The summed E-state index contributed by atoms with van der Waals surface area (Å²) >= 11 is 0. The van der Waals surface area contributed by atoms with Crippen LogP contribution in [0.5, 0.6) is 5.75 Å². The van der Waals surface area contributed by atoms with E-state index in [1.165, 1.54) is 0 Å². The molecule has 5 nitrogen and oxygen atoms in total. The molecule has 2 N–H and O–H groups in total. The summed E-state index contributed by atoms with van der Waals surface area (Å²) in [5.74, 6) is 0.307. The topological polar surface area (TPSA) is 67.4 Å². The predicted molar refractivity (Wildman–Crippen MR) is 87.1 cm³/mol. The molecular weight excluding hydrogens is 280 g/mol. The standard InChI is InChI=1S/C17H26N2O3/c1-4-6-11-22-15-9-7-14(8-10-15)17(21)18-12-16(20)19-13(3)5-2/h7-10,13H,4-6,11-12H2,1-3H3,(H,18,21)(H,19,20). The molecule has 0 aliphatic rings. The average molecular weight is 306 g/mol. The second kappa shape index (κ2) is 9.82. The molecule has 22 heavy (non-hydrogen) atoms. The fourth-order valence-electron chi connectivity index (χ4n) is 1.73. The molecule has 0 aliphatic carbocycles. The van der Waals surface area contributed by atoms with Gasteiger partial charge in [0.2, 0.25) is 5.91 Å². The van der Waals surface area contributed by atoms with E-state index in [0.717, 1.165) is 25.0 Å². The highest BCUT2D eigenvalue weighted by atomic mass is 16.5. The summed E-state index contributed by atoms with van der Waals surface area (Å²) < 4.78 is 5.54. The number of hydrogen-bond donors (Lipinski definition) is 2. The molecule has 0 aromatic heterocycles. The third-order valence-electron chi connectivity index (χ3n) is 3.31. The zero-order chi connectivity index (χ0) is 16.4. The molecule has 0 aliphatic heterocycles. The first-order chi connectivity index (χ1) is 10.6. The Balaban J connectivity index is 2.40. The van der Waals surface area contributed by atoms with E-state index in [9.17, 15) is 9.59 Å². The van der Waals surface area contributed by atoms with Gasteiger partial charge in [0.1, 0.15) is 5.75 Å². The van der Waals surface area contributed by atoms with E-state index >= 15 is 0 Å². The summed E-state index contributed by atoms with van der Waals surface area (Å²) in [6.07, 6.45) is 2.95. The van der Waals surface area contributed by atoms with Crippen molar-refractivity contribution in [2.45, 2.75) is 46.1 Å². The van der Waals surface area contributed by atoms with Crippen LogP contribution in [0.2, 0.25) is 0 Å². The van der Waals surface area contributed by atoms with Gasteiger partial charge in [0.15, 0.2) is 0 Å². The van der Waals surface area contributed by atoms with Crippen molar-refractivity contribution in [3.05, 3.63) is 29.8 Å². The Hall–Kier alpha value is -2.04. The number of nitrogens with one attached hydrogen (secondary N) is 2. The van der Waals surface area contributed by atoms with Gasteiger partial charge in [0, 0.05) is 11.6 Å². The van der Waals surface area contributed by atoms with Crippen LogP contribution in [0, 0.1) is 0 Å². The van der Waals surface area contributed by atoms with Crippen LogP contribution >= 0.6 is 0 Å². The van der Waals surface area contributed by atoms with Gasteiger partial charge in [-0.15, -0.1) is 0 Å². The van der Waals surface area contributed by atoms with Crippen LogP contribution in [0.1, 0.15) is 50.4 Å². The lowest BCUT2D eigenvalue weighted by Gasteiger charge is -2.12. The van der Waals surface area contributed by atoms with E-state index in [1.807, 2.05) is 13.8 Å². The van der Waals surface area contributed by atoms with Gasteiger partial charge in [-0.25, -0.2) is 0 Å². The van der Waals surface area contributed by atoms with Gasteiger partial charge in [0.05, 0.1) is 13.2 Å². The number of ether oxygens (including phenoxy) is 1. The van der Waals surface area contributed by atoms with Crippen molar-refractivity contribution in [3.63, 3.8) is 0 Å². The number of hydrogen-bond acceptors (Lipinski definition) is 3. The molecule has 0 spiro atoms. The molecule has 5 heteroatoms. The lowest BCUT2D eigenvalue weighted by atomic mass is 10.2. The number of carbonyl (C=O) groups excluding carboxylic acids is 2. The summed E-state index contributed by atoms with van der Waals surface area (Å²) in [6.45, 7) is 6.69. The van der Waals surface area contributed by atoms with E-state index < -0.39 is 0 Å². The fourth-order valence-corrected chi connectivity index (χ4v) is 1.73. The summed E-state index contributed by atoms with van der Waals surface area (Å²) in [5, 5.41) is 5.41. The Labute approximate surface area is 132 Å². The van der Waals surface area contributed by atoms with Gasteiger partial charge in [-0.2, -0.15) is 0 Å². The minimum atomic E-state index is -0.264. The molecule has 1 rings (SSSR count). The molecule has 0 bridgehead atoms. The van der Waals surface area contributed by atoms with Crippen LogP contribution in [0.3, 0.4) is 0 Å². The molecule has 0 saturated heterocycles. The van der Waals surface area contributed by atoms with Crippen molar-refractivity contribution in [2.75, 3.05) is 13.2 Å². The average Bonchev–Trinajstić information content (AvgIpc) is 2.53. The van der Waals surface area contributed by atoms with E-state index in [2.05, 4.69) is 17.6 Å². The molecule has 0 fully saturated rings. The van der Waals surface area contributed by atoms with Crippen molar-refractivity contribution < 1.29 is 14.3 Å². The quantitative estimate of drug-likeness (QED) is 0.689. The molecule has 1 aromatic carbocycles. The zero-order valence-electron chi connectivity index (χ0n) is 13.6. The van der Waals surface area contributed by atoms with Crippen LogP contribution in [0.15, 0.2) is 24.3 Å². The van der Waals surface area contributed by atoms with Crippen molar-refractivity contribution in [3.8, 4) is 5.75 Å². The van der Waals surface area contributed by atoms with Gasteiger partial charge < -0.3 is 15.4 Å². The SMILES string of the molecule is CCCCOc1ccc(C(=O)NCC(=O)NC(C)CC)cc1. The van der Waals surface area contributed by atoms with Crippen LogP contribution in [0.4, 0.5) is 0 Å². The number of unbranched alkanes of at least 4 members (excludes halogenated alkanes) is 1. The van der Waals surface area contributed by atoms with Crippen molar-refractivity contribution in [1.29, 1.82) is 0 Å². The Morgan fingerprint density at radius 2 is 1.86 bits per heavy atom. The Morgan fingerprint density at radius 1 is 1.18 bits per heavy atom. The molecule has 0 saturated carbocycles. The predicted octanol–water partition coefficient (Wildman–Crippen LogP) is 2.51. The highest BCUT2D eigenvalue weighted by Crippen LogP contribution is 2.12. The Kier molecular flexibility index (Phi) is 8.04. The maximum atomic E-state index is 11.9. The van der Waals surface area contributed by atoms with Crippen LogP contribution < -0.4 is 15.4 Å². The maximum Gasteiger partial charge on any atom is 0.251 e. The van der Waals surface area contributed by atoms with Gasteiger partial charge in [-0.3, -0.25) is 9.59 Å². The Bertz CT molecular complexity index is 471. The van der Waals surface area contributed by atoms with Crippen molar-refractivity contribution >= 4 is 11.8 Å². The van der Waals surface area contributed by atoms with Crippen LogP contribution in [-0.4, -0.2) is 31.0 Å². The molecule has 122 valence electrons. The number of rotatable bonds is 9. The number of amides is 2. The molecule has 1 aromatic rings. The summed E-state index contributed by atoms with van der Waals surface area (Å²) in [4.78, 5) is 23.5. The molecule has 1 atom stereocenters. The van der Waals surface area contributed by atoms with Gasteiger partial charge in [-0.05, 0) is 44.0 Å². The lowest BCUT2D eigenvalue weighted by Crippen LogP contribution is -2.40. The number of benzene rings is 1. The second-order valence-corrected chi connectivity index (χ2v) is 5.29. The van der Waals surface area contributed by atoms with Crippen molar-refractivity contribution in [1.82, 2.24) is 10.6 Å². The van der Waals surface area contributed by atoms with Crippen LogP contribution in [-0.2, 0) is 4.79 Å². The van der Waals surface area contributed by atoms with Crippen molar-refractivity contribution in [2.24, 2.45) is 0 Å². The number of carbonyl (C=O) groups is 2. The molecule has 0 heterocycles. The van der Waals surface area contributed by atoms with Gasteiger partial charge in [0.25, 0.3) is 5.91 Å². The third kappa shape index (κ3) is 6.61. The normalized spacial score (nSPS) is 11.6. The zero-order valence-corrected chi connectivity index (χ0v) is 13.6. The van der Waals surface area contributed by atoms with Gasteiger partial charge in [-0.1, -0.05) is 20.3 Å². The molecule has 2 amide bonds. The first-order valence-electron chi connectivity index (χ1n) is 7.87. The first-order valence-corrected chi connectivity index (χ1v) is 7.87. The molecule has 1 unspecified atom stereocenters. The Morgan fingerprint density at radius 3 is 2.45 bits per heavy atom. The minimum Gasteiger partial charge on any atom is -0.494 e. The van der Waals surface area contributed by atoms with Gasteiger partial charge >= 0.3 is 0 Å². The highest BCUT2D eigenvalue weighted by molar-refractivity contribution is 5.96. The largest absolute Gasteiger partial charge is 0.494 e. The molecule has 0 radical (unpaired) electrons. The first kappa shape index (κ1) is 18.0. The fraction of sp³-hybridized carbons (Fsp3) is 0.529. The summed E-state index contributed by atoms with van der Waals surface area (Å²) in [7, 11) is 0. The highest BCUT2D eigenvalue weighted by Gasteiger charge is 2.09.